The molecule has 4 rings (SSSR count). The Morgan fingerprint density at radius 1 is 1.00 bits per heavy atom. The Hall–Kier alpha value is -2.44. The van der Waals surface area contributed by atoms with Gasteiger partial charge in [0.25, 0.3) is 0 Å². The van der Waals surface area contributed by atoms with E-state index in [9.17, 15) is 0 Å². The van der Waals surface area contributed by atoms with Gasteiger partial charge in [0, 0.05) is 11.2 Å². The van der Waals surface area contributed by atoms with Crippen LogP contribution in [0.3, 0.4) is 0 Å². The number of benzene rings is 1. The maximum atomic E-state index is 6.34. The zero-order valence-corrected chi connectivity index (χ0v) is 16.2. The molecule has 0 N–H and O–H groups in total. The van der Waals surface area contributed by atoms with Crippen LogP contribution in [0.25, 0.3) is 11.3 Å². The molecule has 1 aliphatic rings. The lowest BCUT2D eigenvalue weighted by molar-refractivity contribution is 0.353. The van der Waals surface area contributed by atoms with E-state index in [4.69, 9.17) is 32.7 Å². The summed E-state index contributed by atoms with van der Waals surface area (Å²) in [5.41, 5.74) is 3.44. The lowest BCUT2D eigenvalue weighted by Gasteiger charge is -2.09. The van der Waals surface area contributed by atoms with E-state index in [1.54, 1.807) is 6.20 Å². The summed E-state index contributed by atoms with van der Waals surface area (Å²) in [6.07, 6.45) is 2.61. The highest BCUT2D eigenvalue weighted by Crippen LogP contribution is 2.56. The van der Waals surface area contributed by atoms with Gasteiger partial charge in [0.05, 0.1) is 19.8 Å². The summed E-state index contributed by atoms with van der Waals surface area (Å²) in [7, 11) is 3.03. The molecule has 2 unspecified atom stereocenters. The molecule has 2 heterocycles. The highest BCUT2D eigenvalue weighted by Gasteiger charge is 2.41. The van der Waals surface area contributed by atoms with E-state index in [0.717, 1.165) is 17.0 Å². The van der Waals surface area contributed by atoms with Gasteiger partial charge in [-0.25, -0.2) is 4.98 Å². The van der Waals surface area contributed by atoms with Gasteiger partial charge < -0.3 is 9.47 Å². The number of methoxy groups -OCH3 is 2. The number of nitrogens with zero attached hydrogens (tertiary/aromatic N) is 4. The molecule has 0 saturated heterocycles. The van der Waals surface area contributed by atoms with Gasteiger partial charge in [0.2, 0.25) is 5.88 Å². The number of halogens is 2. The van der Waals surface area contributed by atoms with Gasteiger partial charge in [-0.2, -0.15) is 4.98 Å². The summed E-state index contributed by atoms with van der Waals surface area (Å²) in [4.78, 5) is 8.34. The molecule has 1 fully saturated rings. The van der Waals surface area contributed by atoms with E-state index in [2.05, 4.69) is 32.3 Å². The van der Waals surface area contributed by atoms with E-state index in [1.165, 1.54) is 19.8 Å². The molecule has 2 aromatic heterocycles. The monoisotopic (exact) mass is 402 g/mol. The van der Waals surface area contributed by atoms with Crippen molar-refractivity contribution in [3.05, 3.63) is 57.8 Å². The van der Waals surface area contributed by atoms with Crippen molar-refractivity contribution in [2.45, 2.75) is 18.3 Å². The fourth-order valence-electron chi connectivity index (χ4n) is 3.18. The first-order valence-electron chi connectivity index (χ1n) is 8.34. The molecule has 3 aromatic rings. The van der Waals surface area contributed by atoms with Gasteiger partial charge in [-0.3, -0.25) is 0 Å². The van der Waals surface area contributed by atoms with Crippen molar-refractivity contribution >= 4 is 23.2 Å². The molecule has 27 heavy (non-hydrogen) atoms. The SMILES string of the molecule is COc1ncc(-c2cc(C3CC3c3ccc(Cl)cc3)c(Cl)nn2)c(OC)n1. The van der Waals surface area contributed by atoms with Crippen molar-refractivity contribution in [2.24, 2.45) is 0 Å². The van der Waals surface area contributed by atoms with E-state index < -0.39 is 0 Å². The molecule has 6 nitrogen and oxygen atoms in total. The lowest BCUT2D eigenvalue weighted by atomic mass is 10.0. The quantitative estimate of drug-likeness (QED) is 0.624. The first-order chi connectivity index (χ1) is 13.1. The number of hydrogen-bond acceptors (Lipinski definition) is 6. The number of rotatable bonds is 5. The van der Waals surface area contributed by atoms with Crippen molar-refractivity contribution in [3.63, 3.8) is 0 Å². The van der Waals surface area contributed by atoms with Crippen LogP contribution >= 0.6 is 23.2 Å². The number of ether oxygens (including phenoxy) is 2. The summed E-state index contributed by atoms with van der Waals surface area (Å²) in [6.45, 7) is 0. The highest BCUT2D eigenvalue weighted by atomic mass is 35.5. The van der Waals surface area contributed by atoms with Gasteiger partial charge >= 0.3 is 6.01 Å². The topological polar surface area (TPSA) is 70.0 Å². The summed E-state index contributed by atoms with van der Waals surface area (Å²) >= 11 is 12.3. The van der Waals surface area contributed by atoms with Crippen LogP contribution in [0, 0.1) is 0 Å². The molecule has 0 amide bonds. The lowest BCUT2D eigenvalue weighted by Crippen LogP contribution is -2.00. The Bertz CT molecular complexity index is 982. The molecule has 0 aliphatic heterocycles. The number of aromatic nitrogens is 4. The minimum Gasteiger partial charge on any atom is -0.480 e. The molecule has 0 radical (unpaired) electrons. The zero-order chi connectivity index (χ0) is 19.0. The summed E-state index contributed by atoms with van der Waals surface area (Å²) in [5, 5.41) is 9.46. The Labute approximate surface area is 166 Å². The second-order valence-electron chi connectivity index (χ2n) is 6.26. The first kappa shape index (κ1) is 17.9. The smallest absolute Gasteiger partial charge is 0.319 e. The third-order valence-electron chi connectivity index (χ3n) is 4.65. The van der Waals surface area contributed by atoms with Crippen LogP contribution in [0.15, 0.2) is 36.5 Å². The van der Waals surface area contributed by atoms with Gasteiger partial charge in [0.1, 0.15) is 5.69 Å². The van der Waals surface area contributed by atoms with E-state index in [1.807, 2.05) is 18.2 Å². The third kappa shape index (κ3) is 3.55. The van der Waals surface area contributed by atoms with Gasteiger partial charge in [-0.15, -0.1) is 10.2 Å². The third-order valence-corrected chi connectivity index (χ3v) is 5.19. The molecule has 2 atom stereocenters. The molecule has 0 spiro atoms. The predicted molar refractivity (Wildman–Crippen MR) is 103 cm³/mol. The van der Waals surface area contributed by atoms with Crippen LogP contribution in [-0.2, 0) is 0 Å². The standard InChI is InChI=1S/C19H16Cl2N4O2/c1-26-18-15(9-22-19(23-18)27-2)16-8-14(17(21)25-24-16)13-7-12(13)10-3-5-11(20)6-4-10/h3-6,8-9,12-13H,7H2,1-2H3. The van der Waals surface area contributed by atoms with E-state index in [0.29, 0.717) is 28.2 Å². The Morgan fingerprint density at radius 2 is 1.78 bits per heavy atom. The van der Waals surface area contributed by atoms with Crippen molar-refractivity contribution < 1.29 is 9.47 Å². The fraction of sp³-hybridized carbons (Fsp3) is 0.263. The minimum absolute atomic E-state index is 0.225. The van der Waals surface area contributed by atoms with Crippen molar-refractivity contribution in [2.75, 3.05) is 14.2 Å². The number of hydrogen-bond donors (Lipinski definition) is 0. The van der Waals surface area contributed by atoms with Crippen molar-refractivity contribution in [3.8, 4) is 23.1 Å². The fourth-order valence-corrected chi connectivity index (χ4v) is 3.54. The van der Waals surface area contributed by atoms with Crippen LogP contribution in [-0.4, -0.2) is 34.4 Å². The molecular weight excluding hydrogens is 387 g/mol. The second kappa shape index (κ2) is 7.29. The molecule has 0 bridgehead atoms. The van der Waals surface area contributed by atoms with Crippen molar-refractivity contribution in [1.29, 1.82) is 0 Å². The summed E-state index contributed by atoms with van der Waals surface area (Å²) in [5.74, 6) is 1.05. The van der Waals surface area contributed by atoms with Crippen molar-refractivity contribution in [1.82, 2.24) is 20.2 Å². The van der Waals surface area contributed by atoms with E-state index >= 15 is 0 Å². The van der Waals surface area contributed by atoms with Crippen LogP contribution < -0.4 is 9.47 Å². The molecule has 8 heteroatoms. The average molecular weight is 403 g/mol. The predicted octanol–water partition coefficient (Wildman–Crippen LogP) is 4.53. The molecule has 1 saturated carbocycles. The summed E-state index contributed by atoms with van der Waals surface area (Å²) in [6, 6.07) is 10.1. The summed E-state index contributed by atoms with van der Waals surface area (Å²) < 4.78 is 10.4. The Kier molecular flexibility index (Phi) is 4.85. The highest BCUT2D eigenvalue weighted by molar-refractivity contribution is 6.30. The molecule has 1 aliphatic carbocycles. The van der Waals surface area contributed by atoms with Crippen LogP contribution in [0.4, 0.5) is 0 Å². The van der Waals surface area contributed by atoms with Gasteiger partial charge in [0.15, 0.2) is 5.15 Å². The van der Waals surface area contributed by atoms with Crippen LogP contribution in [0.2, 0.25) is 10.2 Å². The average Bonchev–Trinajstić information content (AvgIpc) is 3.49. The molecular formula is C19H16Cl2N4O2. The minimum atomic E-state index is 0.225. The second-order valence-corrected chi connectivity index (χ2v) is 7.05. The van der Waals surface area contributed by atoms with Crippen LogP contribution in [0.1, 0.15) is 29.4 Å². The normalized spacial score (nSPS) is 18.2. The Balaban J connectivity index is 1.66. The van der Waals surface area contributed by atoms with Crippen LogP contribution in [0.5, 0.6) is 11.9 Å². The largest absolute Gasteiger partial charge is 0.480 e. The van der Waals surface area contributed by atoms with Gasteiger partial charge in [-0.1, -0.05) is 35.3 Å². The zero-order valence-electron chi connectivity index (χ0n) is 14.7. The maximum absolute atomic E-state index is 6.34. The van der Waals surface area contributed by atoms with E-state index in [-0.39, 0.29) is 11.9 Å². The molecule has 1 aromatic carbocycles. The molecule has 138 valence electrons. The Morgan fingerprint density at radius 3 is 2.48 bits per heavy atom. The van der Waals surface area contributed by atoms with Gasteiger partial charge in [-0.05, 0) is 47.6 Å². The maximum Gasteiger partial charge on any atom is 0.319 e. The first-order valence-corrected chi connectivity index (χ1v) is 9.10.